The summed E-state index contributed by atoms with van der Waals surface area (Å²) in [5, 5.41) is 0. The van der Waals surface area contributed by atoms with Crippen LogP contribution >= 0.6 is 12.4 Å². The van der Waals surface area contributed by atoms with Crippen LogP contribution in [0.25, 0.3) is 5.65 Å². The molecule has 0 radical (unpaired) electrons. The normalized spacial score (nSPS) is 23.2. The van der Waals surface area contributed by atoms with E-state index in [4.69, 9.17) is 10.7 Å². The molecule has 4 nitrogen and oxygen atoms in total. The van der Waals surface area contributed by atoms with Gasteiger partial charge in [0, 0.05) is 25.5 Å². The number of nitrogens with two attached hydrogens (primary N) is 1. The first-order valence-corrected chi connectivity index (χ1v) is 7.52. The first-order valence-electron chi connectivity index (χ1n) is 7.52. The predicted octanol–water partition coefficient (Wildman–Crippen LogP) is 2.48. The van der Waals surface area contributed by atoms with Crippen LogP contribution in [0.3, 0.4) is 0 Å². The Hall–Kier alpha value is -1.10. The second kappa shape index (κ2) is 6.77. The van der Waals surface area contributed by atoms with E-state index in [-0.39, 0.29) is 12.4 Å². The fraction of sp³-hybridized carbons (Fsp3) is 0.562. The van der Waals surface area contributed by atoms with Crippen molar-refractivity contribution >= 4 is 18.1 Å². The zero-order valence-electron chi connectivity index (χ0n) is 12.8. The lowest BCUT2D eigenvalue weighted by atomic mass is 9.87. The van der Waals surface area contributed by atoms with Crippen molar-refractivity contribution in [3.8, 4) is 0 Å². The highest BCUT2D eigenvalue weighted by Crippen LogP contribution is 2.23. The Bertz CT molecular complexity index is 595. The largest absolute Gasteiger partial charge is 0.330 e. The molecule has 0 aromatic carbocycles. The Kier molecular flexibility index (Phi) is 5.25. The summed E-state index contributed by atoms with van der Waals surface area (Å²) in [5.74, 6) is 1.38. The number of halogens is 1. The molecule has 1 aliphatic heterocycles. The second-order valence-corrected chi connectivity index (χ2v) is 6.20. The fourth-order valence-electron chi connectivity index (χ4n) is 3.14. The number of piperidine rings is 1. The average molecular weight is 309 g/mol. The topological polar surface area (TPSA) is 46.6 Å². The maximum atomic E-state index is 5.88. The Morgan fingerprint density at radius 1 is 1.33 bits per heavy atom. The van der Waals surface area contributed by atoms with Crippen molar-refractivity contribution in [3.63, 3.8) is 0 Å². The van der Waals surface area contributed by atoms with Gasteiger partial charge in [0.15, 0.2) is 0 Å². The van der Waals surface area contributed by atoms with E-state index in [1.54, 1.807) is 0 Å². The summed E-state index contributed by atoms with van der Waals surface area (Å²) in [5.41, 5.74) is 9.33. The van der Waals surface area contributed by atoms with Gasteiger partial charge in [0.1, 0.15) is 5.65 Å². The van der Waals surface area contributed by atoms with Crippen LogP contribution in [-0.2, 0) is 6.54 Å². The molecule has 1 saturated heterocycles. The van der Waals surface area contributed by atoms with E-state index in [9.17, 15) is 0 Å². The molecule has 2 aromatic rings. The summed E-state index contributed by atoms with van der Waals surface area (Å²) in [6.07, 6.45) is 5.53. The number of hydrogen-bond donors (Lipinski definition) is 1. The van der Waals surface area contributed by atoms with Gasteiger partial charge in [0.25, 0.3) is 0 Å². The Labute approximate surface area is 132 Å². The van der Waals surface area contributed by atoms with Crippen LogP contribution in [0.2, 0.25) is 0 Å². The highest BCUT2D eigenvalue weighted by atomic mass is 35.5. The summed E-state index contributed by atoms with van der Waals surface area (Å²) in [6.45, 7) is 8.42. The van der Waals surface area contributed by atoms with E-state index in [1.165, 1.54) is 12.0 Å². The van der Waals surface area contributed by atoms with Crippen molar-refractivity contribution in [2.75, 3.05) is 19.6 Å². The fourth-order valence-corrected chi connectivity index (χ4v) is 3.14. The molecule has 1 aliphatic rings. The molecule has 2 N–H and O–H groups in total. The minimum absolute atomic E-state index is 0. The monoisotopic (exact) mass is 308 g/mol. The maximum absolute atomic E-state index is 5.88. The van der Waals surface area contributed by atoms with E-state index < -0.39 is 0 Å². The molecule has 21 heavy (non-hydrogen) atoms. The lowest BCUT2D eigenvalue weighted by Crippen LogP contribution is -2.42. The number of nitrogens with zero attached hydrogens (tertiary/aromatic N) is 3. The van der Waals surface area contributed by atoms with Crippen molar-refractivity contribution in [3.05, 3.63) is 35.8 Å². The quantitative estimate of drug-likeness (QED) is 0.947. The first kappa shape index (κ1) is 16.3. The van der Waals surface area contributed by atoms with E-state index in [0.29, 0.717) is 5.92 Å². The average Bonchev–Trinajstić information content (AvgIpc) is 2.82. The van der Waals surface area contributed by atoms with Crippen LogP contribution < -0.4 is 5.73 Å². The number of rotatable bonds is 3. The van der Waals surface area contributed by atoms with E-state index >= 15 is 0 Å². The van der Waals surface area contributed by atoms with Crippen molar-refractivity contribution in [2.45, 2.75) is 26.8 Å². The lowest BCUT2D eigenvalue weighted by molar-refractivity contribution is 0.125. The zero-order valence-corrected chi connectivity index (χ0v) is 13.6. The third-order valence-electron chi connectivity index (χ3n) is 4.54. The smallest absolute Gasteiger partial charge is 0.137 e. The van der Waals surface area contributed by atoms with E-state index in [1.807, 2.05) is 0 Å². The number of aromatic nitrogens is 2. The van der Waals surface area contributed by atoms with Crippen LogP contribution in [0, 0.1) is 18.8 Å². The molecule has 1 fully saturated rings. The molecule has 116 valence electrons. The highest BCUT2D eigenvalue weighted by Gasteiger charge is 2.25. The second-order valence-electron chi connectivity index (χ2n) is 6.20. The zero-order chi connectivity index (χ0) is 14.1. The van der Waals surface area contributed by atoms with Crippen molar-refractivity contribution in [1.82, 2.24) is 14.3 Å². The molecule has 0 amide bonds. The van der Waals surface area contributed by atoms with Gasteiger partial charge in [-0.3, -0.25) is 4.90 Å². The van der Waals surface area contributed by atoms with Crippen LogP contribution in [0.4, 0.5) is 0 Å². The number of fused-ring (bicyclic) bond motifs is 1. The molecule has 0 bridgehead atoms. The third-order valence-corrected chi connectivity index (χ3v) is 4.54. The van der Waals surface area contributed by atoms with Gasteiger partial charge in [-0.25, -0.2) is 4.98 Å². The summed E-state index contributed by atoms with van der Waals surface area (Å²) < 4.78 is 2.12. The van der Waals surface area contributed by atoms with Gasteiger partial charge in [0.2, 0.25) is 0 Å². The van der Waals surface area contributed by atoms with Gasteiger partial charge < -0.3 is 10.1 Å². The Balaban J connectivity index is 0.00000161. The summed E-state index contributed by atoms with van der Waals surface area (Å²) in [6, 6.07) is 4.19. The maximum Gasteiger partial charge on any atom is 0.137 e. The van der Waals surface area contributed by atoms with Gasteiger partial charge in [-0.05, 0) is 49.9 Å². The predicted molar refractivity (Wildman–Crippen MR) is 88.8 cm³/mol. The van der Waals surface area contributed by atoms with Crippen LogP contribution in [0.5, 0.6) is 0 Å². The molecule has 3 heterocycles. The molecule has 2 atom stereocenters. The van der Waals surface area contributed by atoms with Gasteiger partial charge in [-0.15, -0.1) is 12.4 Å². The molecule has 5 heteroatoms. The number of pyridine rings is 1. The molecule has 0 saturated carbocycles. The molecule has 3 rings (SSSR count). The lowest BCUT2D eigenvalue weighted by Gasteiger charge is -2.36. The van der Waals surface area contributed by atoms with Gasteiger partial charge in [-0.2, -0.15) is 0 Å². The van der Waals surface area contributed by atoms with Crippen LogP contribution in [-0.4, -0.2) is 33.9 Å². The van der Waals surface area contributed by atoms with Gasteiger partial charge >= 0.3 is 0 Å². The number of imidazole rings is 1. The van der Waals surface area contributed by atoms with Crippen molar-refractivity contribution < 1.29 is 0 Å². The number of hydrogen-bond acceptors (Lipinski definition) is 3. The summed E-state index contributed by atoms with van der Waals surface area (Å²) >= 11 is 0. The van der Waals surface area contributed by atoms with E-state index in [0.717, 1.165) is 43.4 Å². The van der Waals surface area contributed by atoms with Crippen LogP contribution in [0.1, 0.15) is 24.6 Å². The van der Waals surface area contributed by atoms with Crippen molar-refractivity contribution in [2.24, 2.45) is 17.6 Å². The SMILES string of the molecule is Cc1ccc2nc(CN3CCC(C)C(CN)C3)cn2c1.Cl. The Morgan fingerprint density at radius 2 is 2.14 bits per heavy atom. The summed E-state index contributed by atoms with van der Waals surface area (Å²) in [7, 11) is 0. The van der Waals surface area contributed by atoms with E-state index in [2.05, 4.69) is 47.7 Å². The molecular formula is C16H25ClN4. The number of likely N-dealkylation sites (tertiary alicyclic amines) is 1. The van der Waals surface area contributed by atoms with Gasteiger partial charge in [0.05, 0.1) is 5.69 Å². The molecule has 0 spiro atoms. The third kappa shape index (κ3) is 3.57. The molecule has 2 unspecified atom stereocenters. The first-order chi connectivity index (χ1) is 9.65. The minimum atomic E-state index is 0. The van der Waals surface area contributed by atoms with Gasteiger partial charge in [-0.1, -0.05) is 13.0 Å². The van der Waals surface area contributed by atoms with Crippen molar-refractivity contribution in [1.29, 1.82) is 0 Å². The molecule has 2 aromatic heterocycles. The Morgan fingerprint density at radius 3 is 2.90 bits per heavy atom. The minimum Gasteiger partial charge on any atom is -0.330 e. The standard InChI is InChI=1S/C16H24N4.ClH/c1-12-3-4-16-18-15(11-20(16)8-12)10-19-6-5-13(2)14(7-17)9-19;/h3-4,8,11,13-14H,5-7,9-10,17H2,1-2H3;1H. The van der Waals surface area contributed by atoms with Crippen LogP contribution in [0.15, 0.2) is 24.5 Å². The highest BCUT2D eigenvalue weighted by molar-refractivity contribution is 5.85. The summed E-state index contributed by atoms with van der Waals surface area (Å²) in [4.78, 5) is 7.20. The molecular weight excluding hydrogens is 284 g/mol. The number of aryl methyl sites for hydroxylation is 1. The molecule has 0 aliphatic carbocycles.